The first-order chi connectivity index (χ1) is 14.3. The van der Waals surface area contributed by atoms with Gasteiger partial charge in [0, 0.05) is 49.7 Å². The molecule has 0 unspecified atom stereocenters. The Balaban J connectivity index is 1.19. The number of rotatable bonds is 7. The van der Waals surface area contributed by atoms with E-state index in [0.29, 0.717) is 0 Å². The van der Waals surface area contributed by atoms with E-state index in [4.69, 9.17) is 4.74 Å². The number of hydrogen-bond acceptors (Lipinski definition) is 5. The standard InChI is InChI=1S/C22H27N5OS/c1-2-26-8-10-27(11-9-26)7-3-12-28-17-5-4-16-14-20(23-19(16)15-17)21-22-18(24-25-21)6-13-29-22/h4-6,13-15,23H,2-3,7-12H2,1H3,(H,24,25). The molecule has 4 heterocycles. The number of fused-ring (bicyclic) bond motifs is 2. The van der Waals surface area contributed by atoms with Crippen molar-refractivity contribution in [2.24, 2.45) is 0 Å². The summed E-state index contributed by atoms with van der Waals surface area (Å²) in [7, 11) is 0. The number of likely N-dealkylation sites (N-methyl/N-ethyl adjacent to an activating group) is 1. The molecule has 0 amide bonds. The molecule has 29 heavy (non-hydrogen) atoms. The maximum Gasteiger partial charge on any atom is 0.126 e. The Morgan fingerprint density at radius 3 is 2.79 bits per heavy atom. The van der Waals surface area contributed by atoms with Gasteiger partial charge in [0.15, 0.2) is 0 Å². The Bertz CT molecular complexity index is 1090. The van der Waals surface area contributed by atoms with Gasteiger partial charge in [-0.15, -0.1) is 11.3 Å². The lowest BCUT2D eigenvalue weighted by Gasteiger charge is -2.33. The van der Waals surface area contributed by atoms with Crippen LogP contribution in [-0.2, 0) is 0 Å². The predicted octanol–water partition coefficient (Wildman–Crippen LogP) is 4.18. The first-order valence-electron chi connectivity index (χ1n) is 10.4. The third-order valence-corrected chi connectivity index (χ3v) is 6.74. The molecule has 1 aliphatic rings. The second kappa shape index (κ2) is 8.18. The van der Waals surface area contributed by atoms with Gasteiger partial charge in [0.05, 0.1) is 22.5 Å². The Morgan fingerprint density at radius 2 is 1.93 bits per heavy atom. The van der Waals surface area contributed by atoms with E-state index < -0.39 is 0 Å². The minimum Gasteiger partial charge on any atom is -0.493 e. The van der Waals surface area contributed by atoms with Crippen LogP contribution in [0.15, 0.2) is 35.7 Å². The van der Waals surface area contributed by atoms with Crippen molar-refractivity contribution in [2.45, 2.75) is 13.3 Å². The summed E-state index contributed by atoms with van der Waals surface area (Å²) in [5.74, 6) is 0.921. The lowest BCUT2D eigenvalue weighted by Crippen LogP contribution is -2.46. The van der Waals surface area contributed by atoms with Crippen molar-refractivity contribution in [1.29, 1.82) is 0 Å². The van der Waals surface area contributed by atoms with Gasteiger partial charge in [0.2, 0.25) is 0 Å². The molecule has 1 fully saturated rings. The van der Waals surface area contributed by atoms with E-state index in [0.717, 1.165) is 54.3 Å². The van der Waals surface area contributed by atoms with Gasteiger partial charge in [0.1, 0.15) is 11.4 Å². The third-order valence-electron chi connectivity index (χ3n) is 5.82. The monoisotopic (exact) mass is 409 g/mol. The summed E-state index contributed by atoms with van der Waals surface area (Å²) in [6.45, 7) is 10.0. The van der Waals surface area contributed by atoms with E-state index in [1.54, 1.807) is 11.3 Å². The third kappa shape index (κ3) is 3.90. The van der Waals surface area contributed by atoms with Crippen molar-refractivity contribution in [2.75, 3.05) is 45.9 Å². The molecular weight excluding hydrogens is 382 g/mol. The van der Waals surface area contributed by atoms with Gasteiger partial charge in [0.25, 0.3) is 0 Å². The Labute approximate surface area is 174 Å². The molecule has 152 valence electrons. The minimum absolute atomic E-state index is 0.752. The maximum absolute atomic E-state index is 6.03. The van der Waals surface area contributed by atoms with Gasteiger partial charge < -0.3 is 19.5 Å². The largest absolute Gasteiger partial charge is 0.493 e. The molecule has 0 aliphatic carbocycles. The van der Waals surface area contributed by atoms with E-state index >= 15 is 0 Å². The van der Waals surface area contributed by atoms with E-state index in [1.807, 2.05) is 0 Å². The molecule has 1 aliphatic heterocycles. The number of H-pyrrole nitrogens is 2. The van der Waals surface area contributed by atoms with E-state index in [9.17, 15) is 0 Å². The van der Waals surface area contributed by atoms with Gasteiger partial charge >= 0.3 is 0 Å². The fraction of sp³-hybridized carbons (Fsp3) is 0.409. The fourth-order valence-electron chi connectivity index (χ4n) is 4.06. The predicted molar refractivity (Wildman–Crippen MR) is 120 cm³/mol. The van der Waals surface area contributed by atoms with Gasteiger partial charge in [-0.25, -0.2) is 0 Å². The summed E-state index contributed by atoms with van der Waals surface area (Å²) in [4.78, 5) is 8.56. The zero-order valence-electron chi connectivity index (χ0n) is 16.8. The van der Waals surface area contributed by atoms with Crippen molar-refractivity contribution < 1.29 is 4.74 Å². The van der Waals surface area contributed by atoms with Gasteiger partial charge in [-0.1, -0.05) is 6.92 Å². The van der Waals surface area contributed by atoms with Gasteiger partial charge in [-0.2, -0.15) is 5.10 Å². The average Bonchev–Trinajstić information content (AvgIpc) is 3.46. The normalized spacial score (nSPS) is 16.2. The molecule has 4 aromatic rings. The average molecular weight is 410 g/mol. The maximum atomic E-state index is 6.03. The van der Waals surface area contributed by atoms with Gasteiger partial charge in [-0.3, -0.25) is 5.10 Å². The summed E-state index contributed by atoms with van der Waals surface area (Å²) in [6, 6.07) is 10.5. The smallest absolute Gasteiger partial charge is 0.126 e. The number of nitrogens with zero attached hydrogens (tertiary/aromatic N) is 3. The number of benzene rings is 1. The van der Waals surface area contributed by atoms with Gasteiger partial charge in [-0.05, 0) is 42.6 Å². The minimum atomic E-state index is 0.752. The highest BCUT2D eigenvalue weighted by molar-refractivity contribution is 7.17. The Kier molecular flexibility index (Phi) is 5.26. The fourth-order valence-corrected chi connectivity index (χ4v) is 4.91. The van der Waals surface area contributed by atoms with Crippen LogP contribution in [0.1, 0.15) is 13.3 Å². The van der Waals surface area contributed by atoms with Crippen LogP contribution in [-0.4, -0.2) is 70.9 Å². The highest BCUT2D eigenvalue weighted by atomic mass is 32.1. The number of hydrogen-bond donors (Lipinski definition) is 2. The van der Waals surface area contributed by atoms with Crippen molar-refractivity contribution in [3.63, 3.8) is 0 Å². The number of thiophene rings is 1. The molecule has 0 bridgehead atoms. The zero-order valence-corrected chi connectivity index (χ0v) is 17.6. The first-order valence-corrected chi connectivity index (χ1v) is 11.3. The van der Waals surface area contributed by atoms with Crippen molar-refractivity contribution in [3.8, 4) is 17.1 Å². The van der Waals surface area contributed by atoms with Crippen molar-refractivity contribution >= 4 is 32.5 Å². The lowest BCUT2D eigenvalue weighted by molar-refractivity contribution is 0.130. The molecule has 6 nitrogen and oxygen atoms in total. The summed E-state index contributed by atoms with van der Waals surface area (Å²) in [5.41, 5.74) is 4.19. The van der Waals surface area contributed by atoms with Crippen LogP contribution in [0.2, 0.25) is 0 Å². The van der Waals surface area contributed by atoms with Crippen molar-refractivity contribution in [1.82, 2.24) is 25.0 Å². The van der Waals surface area contributed by atoms with E-state index in [-0.39, 0.29) is 0 Å². The lowest BCUT2D eigenvalue weighted by atomic mass is 10.2. The molecule has 1 saturated heterocycles. The molecule has 0 atom stereocenters. The molecule has 5 rings (SSSR count). The summed E-state index contributed by atoms with van der Waals surface area (Å²) < 4.78 is 7.22. The number of ether oxygens (including phenoxy) is 1. The van der Waals surface area contributed by atoms with Crippen LogP contribution in [0.4, 0.5) is 0 Å². The molecule has 1 aromatic carbocycles. The molecule has 7 heteroatoms. The SMILES string of the molecule is CCN1CCN(CCCOc2ccc3cc(-c4n[nH]c5ccsc45)[nH]c3c2)CC1. The highest BCUT2D eigenvalue weighted by Gasteiger charge is 2.15. The molecule has 0 radical (unpaired) electrons. The second-order valence-electron chi connectivity index (χ2n) is 7.65. The Hall–Kier alpha value is -2.35. The number of nitrogens with one attached hydrogen (secondary N) is 2. The van der Waals surface area contributed by atoms with Crippen LogP contribution >= 0.6 is 11.3 Å². The molecule has 0 saturated carbocycles. The summed E-state index contributed by atoms with van der Waals surface area (Å²) in [5, 5.41) is 10.8. The van der Waals surface area contributed by atoms with Crippen LogP contribution < -0.4 is 4.74 Å². The molecule has 2 N–H and O–H groups in total. The number of piperazine rings is 1. The molecule has 3 aromatic heterocycles. The zero-order chi connectivity index (χ0) is 19.6. The number of aromatic nitrogens is 3. The van der Waals surface area contributed by atoms with Crippen LogP contribution in [0.3, 0.4) is 0 Å². The van der Waals surface area contributed by atoms with Crippen LogP contribution in [0, 0.1) is 0 Å². The molecular formula is C22H27N5OS. The van der Waals surface area contributed by atoms with Crippen LogP contribution in [0.5, 0.6) is 5.75 Å². The topological polar surface area (TPSA) is 60.2 Å². The van der Waals surface area contributed by atoms with E-state index in [1.165, 1.54) is 36.3 Å². The summed E-state index contributed by atoms with van der Waals surface area (Å²) >= 11 is 1.71. The summed E-state index contributed by atoms with van der Waals surface area (Å²) in [6.07, 6.45) is 1.06. The highest BCUT2D eigenvalue weighted by Crippen LogP contribution is 2.32. The molecule has 0 spiro atoms. The second-order valence-corrected chi connectivity index (χ2v) is 8.56. The van der Waals surface area contributed by atoms with Crippen molar-refractivity contribution in [3.05, 3.63) is 35.7 Å². The quantitative estimate of drug-likeness (QED) is 0.450. The van der Waals surface area contributed by atoms with E-state index in [2.05, 4.69) is 67.6 Å². The first kappa shape index (κ1) is 18.7. The number of aromatic amines is 2. The Morgan fingerprint density at radius 1 is 1.07 bits per heavy atom. The van der Waals surface area contributed by atoms with Crippen LogP contribution in [0.25, 0.3) is 32.5 Å².